The Kier molecular flexibility index (Phi) is 5.86. The third kappa shape index (κ3) is 4.88. The molecule has 0 fully saturated rings. The molecular weight excluding hydrogens is 226 g/mol. The van der Waals surface area contributed by atoms with Crippen LogP contribution in [0.3, 0.4) is 0 Å². The number of benzene rings is 1. The lowest BCUT2D eigenvalue weighted by atomic mass is 9.98. The molecule has 0 heterocycles. The molecule has 0 radical (unpaired) electrons. The Labute approximate surface area is 109 Å². The zero-order valence-electron chi connectivity index (χ0n) is 11.2. The fraction of sp³-hybridized carbons (Fsp3) is 0.533. The van der Waals surface area contributed by atoms with Crippen molar-refractivity contribution in [3.8, 4) is 0 Å². The van der Waals surface area contributed by atoms with Crippen LogP contribution in [0.25, 0.3) is 0 Å². The van der Waals surface area contributed by atoms with Gasteiger partial charge >= 0.3 is 5.97 Å². The first-order valence-electron chi connectivity index (χ1n) is 6.59. The van der Waals surface area contributed by atoms with Crippen LogP contribution in [0.2, 0.25) is 0 Å². The first-order valence-corrected chi connectivity index (χ1v) is 6.59. The van der Waals surface area contributed by atoms with Crippen LogP contribution in [0, 0.1) is 5.92 Å². The number of hydrogen-bond donors (Lipinski definition) is 2. The van der Waals surface area contributed by atoms with Gasteiger partial charge in [0.05, 0.1) is 5.56 Å². The lowest BCUT2D eigenvalue weighted by molar-refractivity contribution is 0.0697. The average molecular weight is 249 g/mol. The first-order chi connectivity index (χ1) is 8.50. The van der Waals surface area contributed by atoms with E-state index >= 15 is 0 Å². The lowest BCUT2D eigenvalue weighted by Gasteiger charge is -2.12. The zero-order valence-corrected chi connectivity index (χ0v) is 11.2. The maximum absolute atomic E-state index is 10.7. The van der Waals surface area contributed by atoms with Crippen LogP contribution in [0.15, 0.2) is 24.3 Å². The minimum Gasteiger partial charge on any atom is -0.478 e. The molecule has 3 heteroatoms. The quantitative estimate of drug-likeness (QED) is 0.726. The van der Waals surface area contributed by atoms with Crippen molar-refractivity contribution in [3.05, 3.63) is 35.4 Å². The van der Waals surface area contributed by atoms with Crippen molar-refractivity contribution >= 4 is 5.97 Å². The molecule has 1 aromatic carbocycles. The van der Waals surface area contributed by atoms with E-state index in [1.165, 1.54) is 12.8 Å². The second-order valence-electron chi connectivity index (χ2n) is 5.21. The third-order valence-electron chi connectivity index (χ3n) is 3.13. The van der Waals surface area contributed by atoms with E-state index in [4.69, 9.17) is 10.8 Å². The predicted molar refractivity (Wildman–Crippen MR) is 73.6 cm³/mol. The van der Waals surface area contributed by atoms with Gasteiger partial charge < -0.3 is 10.8 Å². The van der Waals surface area contributed by atoms with E-state index in [9.17, 15) is 4.79 Å². The van der Waals surface area contributed by atoms with Crippen LogP contribution in [-0.2, 0) is 0 Å². The molecule has 1 rings (SSSR count). The Balaban J connectivity index is 2.41. The smallest absolute Gasteiger partial charge is 0.335 e. The first kappa shape index (κ1) is 14.7. The Hall–Kier alpha value is -1.35. The number of nitrogens with two attached hydrogens (primary N) is 1. The summed E-state index contributed by atoms with van der Waals surface area (Å²) >= 11 is 0. The number of aromatic carboxylic acids is 1. The average Bonchev–Trinajstić information content (AvgIpc) is 2.34. The van der Waals surface area contributed by atoms with Gasteiger partial charge in [-0.05, 0) is 30.0 Å². The van der Waals surface area contributed by atoms with E-state index in [1.807, 2.05) is 12.1 Å². The van der Waals surface area contributed by atoms with Gasteiger partial charge in [-0.15, -0.1) is 0 Å². The molecule has 0 saturated heterocycles. The van der Waals surface area contributed by atoms with Crippen molar-refractivity contribution in [1.29, 1.82) is 0 Å². The largest absolute Gasteiger partial charge is 0.478 e. The molecule has 18 heavy (non-hydrogen) atoms. The monoisotopic (exact) mass is 249 g/mol. The molecule has 3 nitrogen and oxygen atoms in total. The van der Waals surface area contributed by atoms with Gasteiger partial charge in [-0.25, -0.2) is 4.79 Å². The predicted octanol–water partition coefficient (Wildman–Crippen LogP) is 3.60. The summed E-state index contributed by atoms with van der Waals surface area (Å²) in [5.74, 6) is -0.150. The van der Waals surface area contributed by atoms with E-state index < -0.39 is 5.97 Å². The zero-order chi connectivity index (χ0) is 13.5. The van der Waals surface area contributed by atoms with Gasteiger partial charge in [0.15, 0.2) is 0 Å². The number of carboxylic acid groups (broad SMARTS) is 1. The Morgan fingerprint density at radius 3 is 2.22 bits per heavy atom. The van der Waals surface area contributed by atoms with E-state index in [0.29, 0.717) is 5.56 Å². The van der Waals surface area contributed by atoms with Crippen molar-refractivity contribution in [2.45, 2.75) is 45.6 Å². The molecule has 0 spiro atoms. The SMILES string of the molecule is CC(C)CCCC[C@@H](N)c1ccc(C(=O)O)cc1. The maximum atomic E-state index is 10.7. The molecule has 0 amide bonds. The summed E-state index contributed by atoms with van der Waals surface area (Å²) in [6, 6.07) is 6.88. The second-order valence-corrected chi connectivity index (χ2v) is 5.21. The van der Waals surface area contributed by atoms with Crippen molar-refractivity contribution in [3.63, 3.8) is 0 Å². The fourth-order valence-corrected chi connectivity index (χ4v) is 1.96. The molecule has 1 aromatic rings. The molecule has 0 unspecified atom stereocenters. The summed E-state index contributed by atoms with van der Waals surface area (Å²) in [4.78, 5) is 10.7. The van der Waals surface area contributed by atoms with Crippen molar-refractivity contribution in [1.82, 2.24) is 0 Å². The molecule has 1 atom stereocenters. The Morgan fingerprint density at radius 1 is 1.17 bits per heavy atom. The van der Waals surface area contributed by atoms with Gasteiger partial charge in [0.1, 0.15) is 0 Å². The normalized spacial score (nSPS) is 12.7. The highest BCUT2D eigenvalue weighted by molar-refractivity contribution is 5.87. The highest BCUT2D eigenvalue weighted by Crippen LogP contribution is 2.19. The maximum Gasteiger partial charge on any atom is 0.335 e. The molecule has 0 aliphatic carbocycles. The number of hydrogen-bond acceptors (Lipinski definition) is 2. The van der Waals surface area contributed by atoms with E-state index in [1.54, 1.807) is 12.1 Å². The van der Waals surface area contributed by atoms with Crippen molar-refractivity contribution in [2.24, 2.45) is 11.7 Å². The molecule has 0 aliphatic heterocycles. The van der Waals surface area contributed by atoms with Crippen LogP contribution in [0.5, 0.6) is 0 Å². The summed E-state index contributed by atoms with van der Waals surface area (Å²) < 4.78 is 0. The number of rotatable bonds is 7. The third-order valence-corrected chi connectivity index (χ3v) is 3.13. The second kappa shape index (κ2) is 7.17. The van der Waals surface area contributed by atoms with E-state index in [2.05, 4.69) is 13.8 Å². The summed E-state index contributed by atoms with van der Waals surface area (Å²) in [6.45, 7) is 4.45. The van der Waals surface area contributed by atoms with Gasteiger partial charge in [-0.3, -0.25) is 0 Å². The van der Waals surface area contributed by atoms with Gasteiger partial charge in [0, 0.05) is 6.04 Å². The highest BCUT2D eigenvalue weighted by atomic mass is 16.4. The van der Waals surface area contributed by atoms with E-state index in [-0.39, 0.29) is 6.04 Å². The van der Waals surface area contributed by atoms with Gasteiger partial charge in [0.25, 0.3) is 0 Å². The summed E-state index contributed by atoms with van der Waals surface area (Å²) in [5.41, 5.74) is 7.42. The molecule has 0 aliphatic rings. The van der Waals surface area contributed by atoms with Crippen molar-refractivity contribution < 1.29 is 9.90 Å². The molecule has 0 bridgehead atoms. The molecule has 100 valence electrons. The topological polar surface area (TPSA) is 63.3 Å². The summed E-state index contributed by atoms with van der Waals surface area (Å²) in [7, 11) is 0. The van der Waals surface area contributed by atoms with Gasteiger partial charge in [0.2, 0.25) is 0 Å². The van der Waals surface area contributed by atoms with Crippen LogP contribution >= 0.6 is 0 Å². The van der Waals surface area contributed by atoms with Gasteiger partial charge in [-0.2, -0.15) is 0 Å². The minimum absolute atomic E-state index is 0.0139. The van der Waals surface area contributed by atoms with Crippen LogP contribution in [0.1, 0.15) is 61.5 Å². The van der Waals surface area contributed by atoms with Crippen LogP contribution in [-0.4, -0.2) is 11.1 Å². The molecule has 0 saturated carbocycles. The molecular formula is C15H23NO2. The number of unbranched alkanes of at least 4 members (excludes halogenated alkanes) is 1. The van der Waals surface area contributed by atoms with E-state index in [0.717, 1.165) is 24.3 Å². The Bertz CT molecular complexity index is 371. The van der Waals surface area contributed by atoms with Gasteiger partial charge in [-0.1, -0.05) is 45.2 Å². The van der Waals surface area contributed by atoms with Crippen LogP contribution < -0.4 is 5.73 Å². The molecule has 0 aromatic heterocycles. The standard InChI is InChI=1S/C15H23NO2/c1-11(2)5-3-4-6-14(16)12-7-9-13(10-8-12)15(17)18/h7-11,14H,3-6,16H2,1-2H3,(H,17,18)/t14-/m1/s1. The Morgan fingerprint density at radius 2 is 1.72 bits per heavy atom. The number of carboxylic acids is 1. The summed E-state index contributed by atoms with van der Waals surface area (Å²) in [6.07, 6.45) is 4.53. The van der Waals surface area contributed by atoms with Crippen molar-refractivity contribution in [2.75, 3.05) is 0 Å². The lowest BCUT2D eigenvalue weighted by Crippen LogP contribution is -2.10. The highest BCUT2D eigenvalue weighted by Gasteiger charge is 2.08. The molecule has 3 N–H and O–H groups in total. The van der Waals surface area contributed by atoms with Crippen LogP contribution in [0.4, 0.5) is 0 Å². The summed E-state index contributed by atoms with van der Waals surface area (Å²) in [5, 5.41) is 8.81. The fourth-order valence-electron chi connectivity index (χ4n) is 1.96. The minimum atomic E-state index is -0.896. The number of carbonyl (C=O) groups is 1.